The number of para-hydroxylation sites is 2. The van der Waals surface area contributed by atoms with Crippen LogP contribution in [0.5, 0.6) is 0 Å². The van der Waals surface area contributed by atoms with Gasteiger partial charge in [0.05, 0.1) is 63.9 Å². The monoisotopic (exact) mass is 1330 g/mol. The summed E-state index contributed by atoms with van der Waals surface area (Å²) in [6.07, 6.45) is 0. The molecule has 4 aromatic heterocycles. The molecule has 0 aliphatic rings. The zero-order valence-electron chi connectivity index (χ0n) is 65.7. The molecule has 0 atom stereocenters. The van der Waals surface area contributed by atoms with Gasteiger partial charge in [0.25, 0.3) is 0 Å². The Morgan fingerprint density at radius 1 is 0.212 bits per heavy atom. The zero-order valence-corrected chi connectivity index (χ0v) is 55.7. The number of aromatic nitrogens is 6. The van der Waals surface area contributed by atoms with Gasteiger partial charge in [-0.1, -0.05) is 273 Å². The number of rotatable bonds is 9. The molecule has 0 bridgehead atoms. The average Bonchev–Trinajstić information content (AvgIpc) is 1.46. The summed E-state index contributed by atoms with van der Waals surface area (Å²) >= 11 is 0. The van der Waals surface area contributed by atoms with Crippen molar-refractivity contribution in [2.24, 2.45) is 0 Å². The molecule has 17 aromatic carbocycles. The van der Waals surface area contributed by atoms with Gasteiger partial charge in [0, 0.05) is 65.6 Å². The molecule has 0 radical (unpaired) electrons. The molecule has 0 aliphatic heterocycles. The van der Waals surface area contributed by atoms with E-state index in [0.717, 1.165) is 88.2 Å². The standard InChI is InChI=1S/C56H35N3.C42H27N3/c1-2-12-36(13-3-1)38-22-24-39(25-23-38)43-28-29-51-50(33-43)55(45-27-26-37-14-4-5-15-40(37)30-45)58-56(57-51)46-31-44-18-8-9-19-47(44)53(35-46)59-52-21-11-10-20-48(52)49-32-41-16-6-7-17-42(41)34-54(49)59;1-3-11-28(12-4-1)33-21-24-38-37(26-33)41(29-13-5-2-6-14-29)44-42(43-38)30-19-22-34(23-20-30)45-39-18-10-9-17-35(39)36-25-31-15-7-8-16-32(31)27-40(36)45/h1-35H;1-27H/i;1D,2D,3D,4D,5D,6D,11D,12D,13D,14D. The van der Waals surface area contributed by atoms with Gasteiger partial charge in [0.2, 0.25) is 0 Å². The highest BCUT2D eigenvalue weighted by Crippen LogP contribution is 2.42. The molecule has 104 heavy (non-hydrogen) atoms. The highest BCUT2D eigenvalue weighted by molar-refractivity contribution is 6.16. The summed E-state index contributed by atoms with van der Waals surface area (Å²) in [5.41, 5.74) is 16.1. The second-order valence-corrected chi connectivity index (χ2v) is 26.2. The van der Waals surface area contributed by atoms with Crippen molar-refractivity contribution in [3.8, 4) is 90.0 Å². The van der Waals surface area contributed by atoms with E-state index in [1.165, 1.54) is 65.9 Å². The Morgan fingerprint density at radius 2 is 0.625 bits per heavy atom. The summed E-state index contributed by atoms with van der Waals surface area (Å²) in [6.45, 7) is 0. The summed E-state index contributed by atoms with van der Waals surface area (Å²) in [6, 6.07) is 105. The molecule has 0 fully saturated rings. The molecule has 484 valence electrons. The van der Waals surface area contributed by atoms with E-state index in [9.17, 15) is 0 Å². The Hall–Kier alpha value is -13.9. The van der Waals surface area contributed by atoms with Crippen LogP contribution in [0.1, 0.15) is 13.7 Å². The van der Waals surface area contributed by atoms with Crippen LogP contribution in [0, 0.1) is 0 Å². The highest BCUT2D eigenvalue weighted by atomic mass is 15.0. The quantitative estimate of drug-likeness (QED) is 0.144. The van der Waals surface area contributed by atoms with Crippen LogP contribution in [-0.2, 0) is 0 Å². The topological polar surface area (TPSA) is 61.4 Å². The largest absolute Gasteiger partial charge is 0.309 e. The molecule has 6 nitrogen and oxygen atoms in total. The van der Waals surface area contributed by atoms with Crippen LogP contribution in [0.3, 0.4) is 0 Å². The van der Waals surface area contributed by atoms with Crippen molar-refractivity contribution < 1.29 is 13.7 Å². The molecule has 0 unspecified atom stereocenters. The highest BCUT2D eigenvalue weighted by Gasteiger charge is 2.21. The smallest absolute Gasteiger partial charge is 0.160 e. The summed E-state index contributed by atoms with van der Waals surface area (Å²) in [7, 11) is 0. The minimum atomic E-state index is -0.550. The predicted octanol–water partition coefficient (Wildman–Crippen LogP) is 25.7. The van der Waals surface area contributed by atoms with E-state index in [1.54, 1.807) is 12.1 Å². The maximum Gasteiger partial charge on any atom is 0.160 e. The number of hydrogen-bond acceptors (Lipinski definition) is 4. The van der Waals surface area contributed by atoms with E-state index in [-0.39, 0.29) is 33.6 Å². The number of benzene rings is 17. The van der Waals surface area contributed by atoms with E-state index in [2.05, 4.69) is 258 Å². The lowest BCUT2D eigenvalue weighted by atomic mass is 9.97. The van der Waals surface area contributed by atoms with Crippen LogP contribution in [0.25, 0.3) is 199 Å². The molecule has 0 saturated carbocycles. The molecule has 21 rings (SSSR count). The normalized spacial score (nSPS) is 13.0. The summed E-state index contributed by atoms with van der Waals surface area (Å²) in [5, 5.41) is 15.4. The number of fused-ring (bicyclic) bond motifs is 12. The molecule has 6 heteroatoms. The van der Waals surface area contributed by atoms with Gasteiger partial charge in [-0.15, -0.1) is 0 Å². The van der Waals surface area contributed by atoms with Crippen LogP contribution < -0.4 is 0 Å². The first-order chi connectivity index (χ1) is 55.7. The van der Waals surface area contributed by atoms with Crippen molar-refractivity contribution in [1.29, 1.82) is 0 Å². The summed E-state index contributed by atoms with van der Waals surface area (Å²) < 4.78 is 88.8. The molecule has 0 amide bonds. The third-order valence-electron chi connectivity index (χ3n) is 20.1. The van der Waals surface area contributed by atoms with E-state index in [1.807, 2.05) is 48.5 Å². The van der Waals surface area contributed by atoms with Crippen LogP contribution in [0.2, 0.25) is 0 Å². The maximum atomic E-state index is 8.81. The van der Waals surface area contributed by atoms with Crippen LogP contribution in [-0.4, -0.2) is 29.1 Å². The van der Waals surface area contributed by atoms with Crippen molar-refractivity contribution in [2.75, 3.05) is 0 Å². The van der Waals surface area contributed by atoms with Crippen molar-refractivity contribution in [3.63, 3.8) is 0 Å². The van der Waals surface area contributed by atoms with Crippen LogP contribution in [0.4, 0.5) is 0 Å². The second-order valence-electron chi connectivity index (χ2n) is 26.2. The van der Waals surface area contributed by atoms with Gasteiger partial charge in [-0.2, -0.15) is 0 Å². The Balaban J connectivity index is 0.000000148. The van der Waals surface area contributed by atoms with Crippen molar-refractivity contribution in [3.05, 3.63) is 376 Å². The average molecular weight is 1330 g/mol. The number of hydrogen-bond donors (Lipinski definition) is 0. The fourth-order valence-electron chi connectivity index (χ4n) is 15.1. The van der Waals surface area contributed by atoms with Gasteiger partial charge < -0.3 is 9.13 Å². The minimum Gasteiger partial charge on any atom is -0.309 e. The fraction of sp³-hybridized carbons (Fsp3) is 0. The lowest BCUT2D eigenvalue weighted by molar-refractivity contribution is 1.17. The molecule has 0 N–H and O–H groups in total. The third-order valence-corrected chi connectivity index (χ3v) is 20.1. The van der Waals surface area contributed by atoms with Gasteiger partial charge in [0.15, 0.2) is 11.6 Å². The Morgan fingerprint density at radius 3 is 1.23 bits per heavy atom. The van der Waals surface area contributed by atoms with E-state index in [0.29, 0.717) is 16.9 Å². The predicted molar refractivity (Wildman–Crippen MR) is 436 cm³/mol. The van der Waals surface area contributed by atoms with E-state index < -0.39 is 60.4 Å². The third kappa shape index (κ3) is 10.6. The van der Waals surface area contributed by atoms with Crippen molar-refractivity contribution in [1.82, 2.24) is 29.1 Å². The number of nitrogens with zero attached hydrogens (tertiary/aromatic N) is 6. The maximum absolute atomic E-state index is 8.81. The first-order valence-corrected chi connectivity index (χ1v) is 34.6. The lowest BCUT2D eigenvalue weighted by Crippen LogP contribution is -1.99. The second kappa shape index (κ2) is 25.0. The minimum absolute atomic E-state index is 0.0439. The molecular formula is C98H62N6. The van der Waals surface area contributed by atoms with Crippen LogP contribution >= 0.6 is 0 Å². The molecular weight excluding hydrogens is 1260 g/mol. The first kappa shape index (κ1) is 50.4. The summed E-state index contributed by atoms with van der Waals surface area (Å²) in [5.74, 6) is 0.934. The van der Waals surface area contributed by atoms with Crippen molar-refractivity contribution >= 4 is 109 Å². The zero-order chi connectivity index (χ0) is 77.3. The molecule has 0 aliphatic carbocycles. The molecule has 21 aromatic rings. The van der Waals surface area contributed by atoms with Gasteiger partial charge >= 0.3 is 0 Å². The SMILES string of the molecule is [2H]c1c([2H])c([2H])c(-c2ccc3nc(-c4ccc(-n5c6ccccc6c6cc7ccccc7cc65)cc4)nc(-c4c([2H])c([2H])c([2H])c([2H])c4[2H])c3c2)c([2H])c1[2H].c1ccc(-c2ccc(-c3ccc4nc(-c5cc(-n6c7ccccc7c7cc8ccccc8cc76)c6ccccc6c5)nc(-c5ccc6ccccc6c5)c4c3)cc2)cc1. The molecule has 0 spiro atoms. The van der Waals surface area contributed by atoms with Crippen molar-refractivity contribution in [2.45, 2.75) is 0 Å². The fourth-order valence-corrected chi connectivity index (χ4v) is 15.1. The van der Waals surface area contributed by atoms with Gasteiger partial charge in [0.1, 0.15) is 0 Å². The first-order valence-electron chi connectivity index (χ1n) is 39.6. The Bertz CT molecular complexity index is 7550. The summed E-state index contributed by atoms with van der Waals surface area (Å²) in [4.78, 5) is 20.6. The molecule has 4 heterocycles. The molecule has 0 saturated heterocycles. The van der Waals surface area contributed by atoms with Gasteiger partial charge in [-0.3, -0.25) is 0 Å². The van der Waals surface area contributed by atoms with E-state index >= 15 is 0 Å². The Kier molecular flexibility index (Phi) is 12.1. The van der Waals surface area contributed by atoms with Gasteiger partial charge in [-0.25, -0.2) is 19.9 Å². The van der Waals surface area contributed by atoms with E-state index in [4.69, 9.17) is 33.6 Å². The van der Waals surface area contributed by atoms with Gasteiger partial charge in [-0.05, 0) is 174 Å². The van der Waals surface area contributed by atoms with Crippen LogP contribution in [0.15, 0.2) is 376 Å². The lowest BCUT2D eigenvalue weighted by Gasteiger charge is -2.16. The Labute approximate surface area is 614 Å².